The molecule has 2 heterocycles. The van der Waals surface area contributed by atoms with Crippen LogP contribution in [-0.4, -0.2) is 17.5 Å². The van der Waals surface area contributed by atoms with Gasteiger partial charge >= 0.3 is 0 Å². The largest absolute Gasteiger partial charge is 0.480 e. The lowest BCUT2D eigenvalue weighted by molar-refractivity contribution is -0.118. The average molecular weight is 194 g/mol. The number of carbonyl (C=O) groups is 1. The number of nitrogens with one attached hydrogen (secondary N) is 1. The van der Waals surface area contributed by atoms with Gasteiger partial charge in [0.2, 0.25) is 0 Å². The second kappa shape index (κ2) is 4.60. The zero-order valence-electron chi connectivity index (χ0n) is 8.63. The normalized spacial score (nSPS) is 12.9. The van der Waals surface area contributed by atoms with Crippen molar-refractivity contribution in [2.45, 2.75) is 20.8 Å². The first-order valence-electron chi connectivity index (χ1n) is 4.66. The first kappa shape index (κ1) is 10.5. The molecule has 0 radical (unpaired) electrons. The third-order valence-corrected chi connectivity index (χ3v) is 1.61. The summed E-state index contributed by atoms with van der Waals surface area (Å²) in [5.41, 5.74) is 0.861. The van der Waals surface area contributed by atoms with Gasteiger partial charge < -0.3 is 10.1 Å². The van der Waals surface area contributed by atoms with Crippen LogP contribution in [0.4, 0.5) is 5.82 Å². The number of aromatic nitrogens is 1. The minimum Gasteiger partial charge on any atom is -0.480 e. The Labute approximate surface area is 83.3 Å². The van der Waals surface area contributed by atoms with Crippen LogP contribution in [0.3, 0.4) is 0 Å². The molecule has 0 atom stereocenters. The molecule has 1 N–H and O–H groups in total. The fourth-order valence-corrected chi connectivity index (χ4v) is 1.06. The summed E-state index contributed by atoms with van der Waals surface area (Å²) in [6, 6.07) is 3.65. The van der Waals surface area contributed by atoms with Gasteiger partial charge in [-0.15, -0.1) is 0 Å². The van der Waals surface area contributed by atoms with Crippen molar-refractivity contribution in [3.05, 3.63) is 17.8 Å². The Morgan fingerprint density at radius 2 is 2.14 bits per heavy atom. The van der Waals surface area contributed by atoms with Gasteiger partial charge in [-0.25, -0.2) is 4.98 Å². The molecule has 0 fully saturated rings. The predicted molar refractivity (Wildman–Crippen MR) is 54.4 cm³/mol. The third-order valence-electron chi connectivity index (χ3n) is 1.61. The molecule has 1 aromatic rings. The molecule has 4 heteroatoms. The number of anilines is 1. The SMILES string of the molecule is CC.Cc1ccc2c(n1)NC(=O)CO2. The summed E-state index contributed by atoms with van der Waals surface area (Å²) in [5, 5.41) is 2.63. The number of hydrogen-bond donors (Lipinski definition) is 1. The van der Waals surface area contributed by atoms with Gasteiger partial charge in [0.15, 0.2) is 18.2 Å². The fourth-order valence-electron chi connectivity index (χ4n) is 1.06. The summed E-state index contributed by atoms with van der Waals surface area (Å²) >= 11 is 0. The maximum atomic E-state index is 10.9. The lowest BCUT2D eigenvalue weighted by Gasteiger charge is -2.16. The van der Waals surface area contributed by atoms with Gasteiger partial charge in [-0.2, -0.15) is 0 Å². The molecule has 0 aromatic carbocycles. The molecule has 1 amide bonds. The molecule has 1 aromatic heterocycles. The number of aryl methyl sites for hydroxylation is 1. The van der Waals surface area contributed by atoms with Gasteiger partial charge in [0.1, 0.15) is 0 Å². The van der Waals surface area contributed by atoms with E-state index in [0.29, 0.717) is 11.6 Å². The average Bonchev–Trinajstić information content (AvgIpc) is 2.20. The number of amides is 1. The molecule has 14 heavy (non-hydrogen) atoms. The van der Waals surface area contributed by atoms with Crippen molar-refractivity contribution in [3.63, 3.8) is 0 Å². The van der Waals surface area contributed by atoms with Crippen LogP contribution in [-0.2, 0) is 4.79 Å². The lowest BCUT2D eigenvalue weighted by Crippen LogP contribution is -2.26. The number of nitrogens with zero attached hydrogens (tertiary/aromatic N) is 1. The van der Waals surface area contributed by atoms with Crippen LogP contribution in [0.25, 0.3) is 0 Å². The van der Waals surface area contributed by atoms with Crippen LogP contribution in [0.2, 0.25) is 0 Å². The zero-order chi connectivity index (χ0) is 10.6. The summed E-state index contributed by atoms with van der Waals surface area (Å²) in [5.74, 6) is 1.01. The number of ether oxygens (including phenoxy) is 1. The Morgan fingerprint density at radius 1 is 1.43 bits per heavy atom. The van der Waals surface area contributed by atoms with Gasteiger partial charge in [-0.05, 0) is 19.1 Å². The van der Waals surface area contributed by atoms with Crippen molar-refractivity contribution < 1.29 is 9.53 Å². The van der Waals surface area contributed by atoms with E-state index >= 15 is 0 Å². The van der Waals surface area contributed by atoms with Crippen LogP contribution in [0.15, 0.2) is 12.1 Å². The van der Waals surface area contributed by atoms with Crippen molar-refractivity contribution >= 4 is 11.7 Å². The molecule has 0 unspecified atom stereocenters. The maximum Gasteiger partial charge on any atom is 0.263 e. The molecule has 0 saturated carbocycles. The topological polar surface area (TPSA) is 51.2 Å². The predicted octanol–water partition coefficient (Wildman–Crippen LogP) is 1.75. The fraction of sp³-hybridized carbons (Fsp3) is 0.400. The Kier molecular flexibility index (Phi) is 3.45. The van der Waals surface area contributed by atoms with Gasteiger partial charge in [0.25, 0.3) is 5.91 Å². The molecule has 1 aliphatic heterocycles. The smallest absolute Gasteiger partial charge is 0.263 e. The van der Waals surface area contributed by atoms with E-state index < -0.39 is 0 Å². The van der Waals surface area contributed by atoms with Crippen molar-refractivity contribution in [2.24, 2.45) is 0 Å². The number of fused-ring (bicyclic) bond motifs is 1. The van der Waals surface area contributed by atoms with Gasteiger partial charge in [-0.3, -0.25) is 4.79 Å². The third kappa shape index (κ3) is 2.22. The van der Waals surface area contributed by atoms with Crippen molar-refractivity contribution in [1.82, 2.24) is 4.98 Å². The summed E-state index contributed by atoms with van der Waals surface area (Å²) in [4.78, 5) is 15.0. The Balaban J connectivity index is 0.000000461. The van der Waals surface area contributed by atoms with Crippen molar-refractivity contribution in [3.8, 4) is 5.75 Å². The first-order chi connectivity index (χ1) is 6.75. The molecule has 1 aliphatic rings. The van der Waals surface area contributed by atoms with Crippen LogP contribution in [0.5, 0.6) is 5.75 Å². The quantitative estimate of drug-likeness (QED) is 0.684. The van der Waals surface area contributed by atoms with Crippen LogP contribution < -0.4 is 10.1 Å². The lowest BCUT2D eigenvalue weighted by atomic mass is 10.3. The van der Waals surface area contributed by atoms with Crippen molar-refractivity contribution in [2.75, 3.05) is 11.9 Å². The molecule has 2 rings (SSSR count). The Hall–Kier alpha value is -1.58. The van der Waals surface area contributed by atoms with E-state index in [2.05, 4.69) is 10.3 Å². The van der Waals surface area contributed by atoms with E-state index in [-0.39, 0.29) is 12.5 Å². The number of hydrogen-bond acceptors (Lipinski definition) is 3. The van der Waals surface area contributed by atoms with Gasteiger partial charge in [-0.1, -0.05) is 13.8 Å². The van der Waals surface area contributed by atoms with E-state index in [9.17, 15) is 4.79 Å². The molecule has 0 bridgehead atoms. The molecule has 76 valence electrons. The van der Waals surface area contributed by atoms with Crippen molar-refractivity contribution in [1.29, 1.82) is 0 Å². The van der Waals surface area contributed by atoms with Gasteiger partial charge in [0.05, 0.1) is 0 Å². The molecule has 0 aliphatic carbocycles. The molecule has 4 nitrogen and oxygen atoms in total. The molecule has 0 spiro atoms. The van der Waals surface area contributed by atoms with Crippen LogP contribution in [0.1, 0.15) is 19.5 Å². The second-order valence-electron chi connectivity index (χ2n) is 2.64. The Morgan fingerprint density at radius 3 is 2.86 bits per heavy atom. The molecular formula is C10H14N2O2. The highest BCUT2D eigenvalue weighted by molar-refractivity contribution is 5.94. The highest BCUT2D eigenvalue weighted by atomic mass is 16.5. The standard InChI is InChI=1S/C8H8N2O2.C2H6/c1-5-2-3-6-8(9-5)10-7(11)4-12-6;1-2/h2-3H,4H2,1H3,(H,9,10,11);1-2H3. The molecule has 0 saturated heterocycles. The van der Waals surface area contributed by atoms with E-state index in [4.69, 9.17) is 4.74 Å². The number of rotatable bonds is 0. The maximum absolute atomic E-state index is 10.9. The summed E-state index contributed by atoms with van der Waals surface area (Å²) in [6.45, 7) is 5.94. The van der Waals surface area contributed by atoms with Crippen LogP contribution in [0, 0.1) is 6.92 Å². The highest BCUT2D eigenvalue weighted by Gasteiger charge is 2.16. The second-order valence-corrected chi connectivity index (χ2v) is 2.64. The first-order valence-corrected chi connectivity index (χ1v) is 4.66. The van der Waals surface area contributed by atoms with E-state index in [1.807, 2.05) is 26.8 Å². The monoisotopic (exact) mass is 194 g/mol. The Bertz CT molecular complexity index is 337. The number of pyridine rings is 1. The summed E-state index contributed by atoms with van der Waals surface area (Å²) in [7, 11) is 0. The highest BCUT2D eigenvalue weighted by Crippen LogP contribution is 2.24. The van der Waals surface area contributed by atoms with Crippen LogP contribution >= 0.6 is 0 Å². The number of carbonyl (C=O) groups excluding carboxylic acids is 1. The van der Waals surface area contributed by atoms with E-state index in [0.717, 1.165) is 5.69 Å². The summed E-state index contributed by atoms with van der Waals surface area (Å²) < 4.78 is 5.12. The minimum absolute atomic E-state index is 0.0811. The minimum atomic E-state index is -0.152. The van der Waals surface area contributed by atoms with E-state index in [1.54, 1.807) is 6.07 Å². The van der Waals surface area contributed by atoms with E-state index in [1.165, 1.54) is 0 Å². The zero-order valence-corrected chi connectivity index (χ0v) is 8.63. The summed E-state index contributed by atoms with van der Waals surface area (Å²) in [6.07, 6.45) is 0. The van der Waals surface area contributed by atoms with Gasteiger partial charge in [0, 0.05) is 5.69 Å². The molecular weight excluding hydrogens is 180 g/mol.